The summed E-state index contributed by atoms with van der Waals surface area (Å²) in [4.78, 5) is 30.0. The second-order valence-electron chi connectivity index (χ2n) is 5.52. The van der Waals surface area contributed by atoms with Crippen LogP contribution in [0.1, 0.15) is 23.2 Å². The highest BCUT2D eigenvalue weighted by Crippen LogP contribution is 2.19. The smallest absolute Gasteiger partial charge is 0.250 e. The van der Waals surface area contributed by atoms with Crippen LogP contribution in [-0.2, 0) is 31.2 Å². The lowest BCUT2D eigenvalue weighted by molar-refractivity contribution is -0.132. The third-order valence-corrected chi connectivity index (χ3v) is 4.66. The number of fused-ring (bicyclic) bond motifs is 1. The molecule has 0 fully saturated rings. The van der Waals surface area contributed by atoms with E-state index in [4.69, 9.17) is 5.73 Å². The Kier molecular flexibility index (Phi) is 3.98. The minimum absolute atomic E-state index is 0.000326. The summed E-state index contributed by atoms with van der Waals surface area (Å²) in [7, 11) is 1.73. The summed E-state index contributed by atoms with van der Waals surface area (Å²) in [6, 6.07) is 1.68. The molecule has 1 amide bonds. The van der Waals surface area contributed by atoms with Crippen LogP contribution >= 0.6 is 11.3 Å². The average Bonchev–Trinajstić information content (AvgIpc) is 2.91. The van der Waals surface area contributed by atoms with Crippen LogP contribution < -0.4 is 11.3 Å². The summed E-state index contributed by atoms with van der Waals surface area (Å²) in [5, 5.41) is 2.43. The lowest BCUT2D eigenvalue weighted by atomic mass is 10.0. The standard InChI is InChI=1S/C15H18N4O2S/c1-18-7-11-8-19(5-4-10(11)6-14(18)21)13(20)3-2-12-9-22-15(16)17-12/h6-7,9H,2-5,8H2,1H3,(H2,16,17). The van der Waals surface area contributed by atoms with Crippen LogP contribution in [0, 0.1) is 0 Å². The molecule has 0 unspecified atom stereocenters. The number of nitrogens with two attached hydrogens (primary N) is 1. The van der Waals surface area contributed by atoms with E-state index < -0.39 is 0 Å². The average molecular weight is 318 g/mol. The third-order valence-electron chi connectivity index (χ3n) is 3.94. The Labute approximate surface area is 132 Å². The van der Waals surface area contributed by atoms with Gasteiger partial charge in [-0.15, -0.1) is 11.3 Å². The normalized spacial score (nSPS) is 14.0. The molecule has 22 heavy (non-hydrogen) atoms. The topological polar surface area (TPSA) is 81.2 Å². The Bertz CT molecular complexity index is 765. The van der Waals surface area contributed by atoms with Gasteiger partial charge in [0.1, 0.15) is 0 Å². The molecule has 7 heteroatoms. The van der Waals surface area contributed by atoms with Crippen molar-refractivity contribution >= 4 is 22.4 Å². The molecular weight excluding hydrogens is 300 g/mol. The van der Waals surface area contributed by atoms with E-state index >= 15 is 0 Å². The van der Waals surface area contributed by atoms with Gasteiger partial charge in [-0.3, -0.25) is 9.59 Å². The van der Waals surface area contributed by atoms with Crippen molar-refractivity contribution in [2.24, 2.45) is 7.05 Å². The van der Waals surface area contributed by atoms with Crippen molar-refractivity contribution in [2.75, 3.05) is 12.3 Å². The van der Waals surface area contributed by atoms with E-state index in [1.54, 1.807) is 17.7 Å². The van der Waals surface area contributed by atoms with Gasteiger partial charge in [0.15, 0.2) is 5.13 Å². The third kappa shape index (κ3) is 3.04. The zero-order chi connectivity index (χ0) is 15.7. The number of carbonyl (C=O) groups is 1. The van der Waals surface area contributed by atoms with Gasteiger partial charge in [0.2, 0.25) is 5.91 Å². The summed E-state index contributed by atoms with van der Waals surface area (Å²) in [5.74, 6) is 0.117. The molecule has 0 radical (unpaired) electrons. The Hall–Kier alpha value is -2.15. The summed E-state index contributed by atoms with van der Waals surface area (Å²) in [6.45, 7) is 1.24. The van der Waals surface area contributed by atoms with Crippen molar-refractivity contribution in [3.63, 3.8) is 0 Å². The number of aryl methyl sites for hydroxylation is 2. The van der Waals surface area contributed by atoms with Crippen molar-refractivity contribution in [3.8, 4) is 0 Å². The molecule has 3 rings (SSSR count). The molecule has 0 aromatic carbocycles. The second kappa shape index (κ2) is 5.92. The Balaban J connectivity index is 1.65. The molecular formula is C15H18N4O2S. The molecule has 1 aliphatic rings. The number of anilines is 1. The Morgan fingerprint density at radius 2 is 2.27 bits per heavy atom. The molecule has 2 N–H and O–H groups in total. The number of amides is 1. The van der Waals surface area contributed by atoms with Gasteiger partial charge in [-0.05, 0) is 24.0 Å². The van der Waals surface area contributed by atoms with Crippen LogP contribution in [0.3, 0.4) is 0 Å². The number of aromatic nitrogens is 2. The lowest BCUT2D eigenvalue weighted by Gasteiger charge is -2.29. The van der Waals surface area contributed by atoms with E-state index in [1.165, 1.54) is 11.3 Å². The van der Waals surface area contributed by atoms with Gasteiger partial charge in [-0.1, -0.05) is 0 Å². The summed E-state index contributed by atoms with van der Waals surface area (Å²) >= 11 is 1.39. The molecule has 6 nitrogen and oxygen atoms in total. The Morgan fingerprint density at radius 3 is 3.00 bits per heavy atom. The molecule has 0 saturated carbocycles. The summed E-state index contributed by atoms with van der Waals surface area (Å²) in [6.07, 6.45) is 3.62. The zero-order valence-corrected chi connectivity index (χ0v) is 13.2. The van der Waals surface area contributed by atoms with Gasteiger partial charge >= 0.3 is 0 Å². The SMILES string of the molecule is Cn1cc2c(cc1=O)CCN(C(=O)CCc1csc(N)n1)C2. The first-order valence-corrected chi connectivity index (χ1v) is 8.07. The highest BCUT2D eigenvalue weighted by molar-refractivity contribution is 7.13. The summed E-state index contributed by atoms with van der Waals surface area (Å²) in [5.41, 5.74) is 8.57. The Morgan fingerprint density at radius 1 is 1.45 bits per heavy atom. The van der Waals surface area contributed by atoms with Gasteiger partial charge in [-0.25, -0.2) is 4.98 Å². The fourth-order valence-electron chi connectivity index (χ4n) is 2.68. The lowest BCUT2D eigenvalue weighted by Crippen LogP contribution is -2.37. The van der Waals surface area contributed by atoms with E-state index in [9.17, 15) is 9.59 Å². The first kappa shape index (κ1) is 14.8. The maximum absolute atomic E-state index is 12.3. The quantitative estimate of drug-likeness (QED) is 0.913. The van der Waals surface area contributed by atoms with Gasteiger partial charge in [0.25, 0.3) is 5.56 Å². The number of hydrogen-bond donors (Lipinski definition) is 1. The molecule has 2 aromatic heterocycles. The van der Waals surface area contributed by atoms with E-state index in [2.05, 4.69) is 4.98 Å². The van der Waals surface area contributed by atoms with Gasteiger partial charge in [0.05, 0.1) is 5.69 Å². The molecule has 0 bridgehead atoms. The molecule has 2 aromatic rings. The van der Waals surface area contributed by atoms with Crippen molar-refractivity contribution in [2.45, 2.75) is 25.8 Å². The zero-order valence-electron chi connectivity index (χ0n) is 12.4. The number of thiazole rings is 1. The number of pyridine rings is 1. The maximum atomic E-state index is 12.3. The van der Waals surface area contributed by atoms with Gasteiger partial charge < -0.3 is 15.2 Å². The minimum atomic E-state index is -0.000326. The van der Waals surface area contributed by atoms with Crippen LogP contribution in [-0.4, -0.2) is 26.9 Å². The maximum Gasteiger partial charge on any atom is 0.250 e. The van der Waals surface area contributed by atoms with Crippen molar-refractivity contribution < 1.29 is 4.79 Å². The van der Waals surface area contributed by atoms with E-state index in [0.717, 1.165) is 23.2 Å². The van der Waals surface area contributed by atoms with E-state index in [0.29, 0.717) is 31.1 Å². The molecule has 0 aliphatic carbocycles. The van der Waals surface area contributed by atoms with E-state index in [-0.39, 0.29) is 11.5 Å². The molecule has 0 atom stereocenters. The van der Waals surface area contributed by atoms with Gasteiger partial charge in [-0.2, -0.15) is 0 Å². The van der Waals surface area contributed by atoms with E-state index in [1.807, 2.05) is 16.5 Å². The highest BCUT2D eigenvalue weighted by Gasteiger charge is 2.21. The fourth-order valence-corrected chi connectivity index (χ4v) is 3.28. The van der Waals surface area contributed by atoms with Gasteiger partial charge in [0, 0.05) is 44.2 Å². The van der Waals surface area contributed by atoms with Crippen LogP contribution in [0.2, 0.25) is 0 Å². The number of carbonyl (C=O) groups excluding carboxylic acids is 1. The molecule has 0 spiro atoms. The van der Waals surface area contributed by atoms with Crippen LogP contribution in [0.15, 0.2) is 22.4 Å². The molecule has 1 aliphatic heterocycles. The van der Waals surface area contributed by atoms with Crippen LogP contribution in [0.5, 0.6) is 0 Å². The highest BCUT2D eigenvalue weighted by atomic mass is 32.1. The molecule has 0 saturated heterocycles. The first-order chi connectivity index (χ1) is 10.5. The predicted octanol–water partition coefficient (Wildman–Crippen LogP) is 0.941. The number of rotatable bonds is 3. The van der Waals surface area contributed by atoms with Crippen molar-refractivity contribution in [1.29, 1.82) is 0 Å². The molecule has 116 valence electrons. The largest absolute Gasteiger partial charge is 0.375 e. The fraction of sp³-hybridized carbons (Fsp3) is 0.400. The second-order valence-corrected chi connectivity index (χ2v) is 6.41. The predicted molar refractivity (Wildman–Crippen MR) is 85.7 cm³/mol. The van der Waals surface area contributed by atoms with Crippen LogP contribution in [0.25, 0.3) is 0 Å². The molecule has 3 heterocycles. The van der Waals surface area contributed by atoms with Crippen molar-refractivity contribution in [1.82, 2.24) is 14.5 Å². The number of nitrogen functional groups attached to an aromatic ring is 1. The number of hydrogen-bond acceptors (Lipinski definition) is 5. The van der Waals surface area contributed by atoms with Crippen LogP contribution in [0.4, 0.5) is 5.13 Å². The van der Waals surface area contributed by atoms with Crippen molar-refractivity contribution in [3.05, 3.63) is 44.8 Å². The minimum Gasteiger partial charge on any atom is -0.375 e. The first-order valence-electron chi connectivity index (χ1n) is 7.19. The number of nitrogens with zero attached hydrogens (tertiary/aromatic N) is 3. The monoisotopic (exact) mass is 318 g/mol. The summed E-state index contributed by atoms with van der Waals surface area (Å²) < 4.78 is 1.56.